The predicted molar refractivity (Wildman–Crippen MR) is 80.9 cm³/mol. The highest BCUT2D eigenvalue weighted by molar-refractivity contribution is 5.60. The van der Waals surface area contributed by atoms with Crippen molar-refractivity contribution in [3.05, 3.63) is 53.6 Å². The van der Waals surface area contributed by atoms with Crippen LogP contribution >= 0.6 is 0 Å². The van der Waals surface area contributed by atoms with Gasteiger partial charge in [0.2, 0.25) is 0 Å². The average molecular weight is 292 g/mol. The van der Waals surface area contributed by atoms with Crippen molar-refractivity contribution >= 4 is 11.4 Å². The van der Waals surface area contributed by atoms with Crippen LogP contribution in [0.2, 0.25) is 0 Å². The lowest BCUT2D eigenvalue weighted by molar-refractivity contribution is 0.152. The molecule has 21 heavy (non-hydrogen) atoms. The van der Waals surface area contributed by atoms with Gasteiger partial charge in [-0.25, -0.2) is 8.78 Å². The zero-order valence-electron chi connectivity index (χ0n) is 12.0. The van der Waals surface area contributed by atoms with E-state index in [1.165, 1.54) is 6.07 Å². The lowest BCUT2D eigenvalue weighted by atomic mass is 10.1. The summed E-state index contributed by atoms with van der Waals surface area (Å²) in [5.74, 6) is 0.743. The number of ether oxygens (including phenoxy) is 1. The highest BCUT2D eigenvalue weighted by Crippen LogP contribution is 2.32. The maximum Gasteiger partial charge on any atom is 0.265 e. The highest BCUT2D eigenvalue weighted by Gasteiger charge is 2.16. The number of anilines is 2. The molecule has 112 valence electrons. The van der Waals surface area contributed by atoms with Gasteiger partial charge in [0.05, 0.1) is 7.11 Å². The number of hydrogen-bond donors (Lipinski definition) is 1. The van der Waals surface area contributed by atoms with Gasteiger partial charge >= 0.3 is 0 Å². The molecule has 0 aromatic heterocycles. The van der Waals surface area contributed by atoms with Gasteiger partial charge in [0, 0.05) is 30.5 Å². The van der Waals surface area contributed by atoms with E-state index in [1.807, 2.05) is 24.3 Å². The molecule has 2 aromatic rings. The van der Waals surface area contributed by atoms with Crippen molar-refractivity contribution in [2.75, 3.05) is 24.8 Å². The third-order valence-electron chi connectivity index (χ3n) is 3.25. The third-order valence-corrected chi connectivity index (χ3v) is 3.25. The normalized spacial score (nSPS) is 10.7. The molecule has 2 rings (SSSR count). The standard InChI is InChI=1S/C16H18F2N2O/c1-20(10-11-4-3-5-13(8-11)21-2)15-7-6-12(19)9-14(15)16(17)18/h3-9,16H,10,19H2,1-2H3. The van der Waals surface area contributed by atoms with Crippen molar-refractivity contribution in [1.82, 2.24) is 0 Å². The summed E-state index contributed by atoms with van der Waals surface area (Å²) < 4.78 is 31.4. The Labute approximate surface area is 122 Å². The van der Waals surface area contributed by atoms with Crippen molar-refractivity contribution < 1.29 is 13.5 Å². The maximum absolute atomic E-state index is 13.1. The Morgan fingerprint density at radius 1 is 1.19 bits per heavy atom. The summed E-state index contributed by atoms with van der Waals surface area (Å²) in [5, 5.41) is 0. The smallest absolute Gasteiger partial charge is 0.265 e. The van der Waals surface area contributed by atoms with Gasteiger partial charge in [-0.3, -0.25) is 0 Å². The van der Waals surface area contributed by atoms with Gasteiger partial charge in [0.1, 0.15) is 5.75 Å². The molecule has 0 fully saturated rings. The first-order valence-electron chi connectivity index (χ1n) is 6.53. The summed E-state index contributed by atoms with van der Waals surface area (Å²) in [5.41, 5.74) is 7.32. The summed E-state index contributed by atoms with van der Waals surface area (Å²) >= 11 is 0. The number of alkyl halides is 2. The van der Waals surface area contributed by atoms with E-state index >= 15 is 0 Å². The monoisotopic (exact) mass is 292 g/mol. The van der Waals surface area contributed by atoms with Gasteiger partial charge in [-0.1, -0.05) is 12.1 Å². The topological polar surface area (TPSA) is 38.5 Å². The van der Waals surface area contributed by atoms with Gasteiger partial charge in [0.25, 0.3) is 6.43 Å². The summed E-state index contributed by atoms with van der Waals surface area (Å²) in [4.78, 5) is 1.77. The van der Waals surface area contributed by atoms with Gasteiger partial charge in [-0.05, 0) is 35.9 Å². The molecule has 0 atom stereocenters. The zero-order valence-corrected chi connectivity index (χ0v) is 12.0. The highest BCUT2D eigenvalue weighted by atomic mass is 19.3. The van der Waals surface area contributed by atoms with E-state index in [9.17, 15) is 8.78 Å². The van der Waals surface area contributed by atoms with Gasteiger partial charge in [-0.2, -0.15) is 0 Å². The van der Waals surface area contributed by atoms with Crippen LogP contribution in [-0.4, -0.2) is 14.2 Å². The van der Waals surface area contributed by atoms with Crippen molar-refractivity contribution in [1.29, 1.82) is 0 Å². The second-order valence-electron chi connectivity index (χ2n) is 4.83. The third kappa shape index (κ3) is 3.62. The van der Waals surface area contributed by atoms with Gasteiger partial charge in [0.15, 0.2) is 0 Å². The van der Waals surface area contributed by atoms with Crippen molar-refractivity contribution in [2.45, 2.75) is 13.0 Å². The number of nitrogen functional groups attached to an aromatic ring is 1. The first-order valence-corrected chi connectivity index (χ1v) is 6.53. The number of methoxy groups -OCH3 is 1. The molecule has 2 aromatic carbocycles. The molecule has 0 unspecified atom stereocenters. The van der Waals surface area contributed by atoms with Crippen LogP contribution in [0.15, 0.2) is 42.5 Å². The molecule has 0 aliphatic carbocycles. The quantitative estimate of drug-likeness (QED) is 0.851. The summed E-state index contributed by atoms with van der Waals surface area (Å²) in [7, 11) is 3.37. The van der Waals surface area contributed by atoms with Crippen LogP contribution < -0.4 is 15.4 Å². The minimum atomic E-state index is -2.56. The first kappa shape index (κ1) is 15.1. The van der Waals surface area contributed by atoms with Crippen LogP contribution in [0.5, 0.6) is 5.75 Å². The number of nitrogens with two attached hydrogens (primary N) is 1. The molecule has 0 aliphatic heterocycles. The Kier molecular flexibility index (Phi) is 4.62. The summed E-state index contributed by atoms with van der Waals surface area (Å²) in [6.45, 7) is 0.501. The first-order chi connectivity index (χ1) is 10.0. The molecule has 2 N–H and O–H groups in total. The van der Waals surface area contributed by atoms with Crippen LogP contribution in [0.1, 0.15) is 17.6 Å². The SMILES string of the molecule is COc1cccc(CN(C)c2ccc(N)cc2C(F)F)c1. The fraction of sp³-hybridized carbons (Fsp3) is 0.250. The molecule has 0 saturated carbocycles. The molecule has 3 nitrogen and oxygen atoms in total. The van der Waals surface area contributed by atoms with E-state index in [0.717, 1.165) is 11.3 Å². The lowest BCUT2D eigenvalue weighted by Gasteiger charge is -2.23. The van der Waals surface area contributed by atoms with E-state index in [0.29, 0.717) is 17.9 Å². The van der Waals surface area contributed by atoms with Crippen molar-refractivity contribution in [3.8, 4) is 5.75 Å². The number of benzene rings is 2. The van der Waals surface area contributed by atoms with Crippen LogP contribution in [0.25, 0.3) is 0 Å². The Bertz CT molecular complexity index is 617. The van der Waals surface area contributed by atoms with Gasteiger partial charge in [-0.15, -0.1) is 0 Å². The molecule has 0 saturated heterocycles. The largest absolute Gasteiger partial charge is 0.497 e. The van der Waals surface area contributed by atoms with E-state index < -0.39 is 6.43 Å². The van der Waals surface area contributed by atoms with Gasteiger partial charge < -0.3 is 15.4 Å². The van der Waals surface area contributed by atoms with Crippen LogP contribution in [0.3, 0.4) is 0 Å². The molecular weight excluding hydrogens is 274 g/mol. The Hall–Kier alpha value is -2.30. The predicted octanol–water partition coefficient (Wildman–Crippen LogP) is 3.85. The van der Waals surface area contributed by atoms with Crippen molar-refractivity contribution in [3.63, 3.8) is 0 Å². The fourth-order valence-electron chi connectivity index (χ4n) is 2.23. The molecule has 0 bridgehead atoms. The summed E-state index contributed by atoms with van der Waals surface area (Å²) in [6.07, 6.45) is -2.56. The van der Waals surface area contributed by atoms with E-state index in [1.54, 1.807) is 31.2 Å². The maximum atomic E-state index is 13.1. The molecule has 0 radical (unpaired) electrons. The minimum Gasteiger partial charge on any atom is -0.497 e. The number of hydrogen-bond acceptors (Lipinski definition) is 3. The van der Waals surface area contributed by atoms with E-state index in [4.69, 9.17) is 10.5 Å². The Balaban J connectivity index is 2.25. The molecule has 0 spiro atoms. The Morgan fingerprint density at radius 2 is 1.95 bits per heavy atom. The lowest BCUT2D eigenvalue weighted by Crippen LogP contribution is -2.18. The Morgan fingerprint density at radius 3 is 2.62 bits per heavy atom. The fourth-order valence-corrected chi connectivity index (χ4v) is 2.23. The van der Waals surface area contributed by atoms with Crippen LogP contribution in [0, 0.1) is 0 Å². The molecule has 0 amide bonds. The average Bonchev–Trinajstić information content (AvgIpc) is 2.47. The number of halogens is 2. The van der Waals surface area contributed by atoms with E-state index in [-0.39, 0.29) is 5.56 Å². The van der Waals surface area contributed by atoms with Crippen molar-refractivity contribution in [2.24, 2.45) is 0 Å². The minimum absolute atomic E-state index is 0.0552. The molecule has 0 heterocycles. The van der Waals surface area contributed by atoms with E-state index in [2.05, 4.69) is 0 Å². The van der Waals surface area contributed by atoms with Crippen LogP contribution in [0.4, 0.5) is 20.2 Å². The second-order valence-corrected chi connectivity index (χ2v) is 4.83. The molecule has 0 aliphatic rings. The molecular formula is C16H18F2N2O. The number of rotatable bonds is 5. The van der Waals surface area contributed by atoms with Crippen LogP contribution in [-0.2, 0) is 6.54 Å². The summed E-state index contributed by atoms with van der Waals surface area (Å²) in [6, 6.07) is 12.1. The number of nitrogens with zero attached hydrogens (tertiary/aromatic N) is 1. The molecule has 5 heteroatoms. The zero-order chi connectivity index (χ0) is 15.4. The second kappa shape index (κ2) is 6.43.